The van der Waals surface area contributed by atoms with Crippen molar-refractivity contribution >= 4 is 30.4 Å². The van der Waals surface area contributed by atoms with Crippen LogP contribution in [0.5, 0.6) is 0 Å². The minimum Gasteiger partial charge on any atom is -0.390 e. The van der Waals surface area contributed by atoms with E-state index in [1.807, 2.05) is 35.1 Å². The lowest BCUT2D eigenvalue weighted by molar-refractivity contribution is -0.155. The molecule has 0 aliphatic carbocycles. The fourth-order valence-electron chi connectivity index (χ4n) is 0.889. The van der Waals surface area contributed by atoms with Crippen molar-refractivity contribution < 1.29 is 23.9 Å². The molecule has 2 atom stereocenters. The monoisotopic (exact) mass is 396 g/mol. The largest absolute Gasteiger partial charge is 0.390 e. The second kappa shape index (κ2) is 12.9. The van der Waals surface area contributed by atoms with Crippen molar-refractivity contribution in [3.63, 3.8) is 0 Å². The van der Waals surface area contributed by atoms with Crippen molar-refractivity contribution in [2.75, 3.05) is 20.3 Å². The number of halogens is 1. The summed E-state index contributed by atoms with van der Waals surface area (Å²) in [5.74, 6) is -0.958. The van der Waals surface area contributed by atoms with Crippen LogP contribution < -0.4 is 0 Å². The Kier molecular flexibility index (Phi) is 15.2. The summed E-state index contributed by atoms with van der Waals surface area (Å²) >= 11 is 2.04. The highest BCUT2D eigenvalue weighted by molar-refractivity contribution is 14.2. The molecule has 2 N–H and O–H groups in total. The first-order valence-electron chi connectivity index (χ1n) is 5.88. The van der Waals surface area contributed by atoms with Gasteiger partial charge in [0.05, 0.1) is 21.9 Å². The van der Waals surface area contributed by atoms with Crippen LogP contribution in [0.2, 0.25) is 0 Å². The Balaban J connectivity index is 0. The highest BCUT2D eigenvalue weighted by Crippen LogP contribution is 2.18. The maximum absolute atomic E-state index is 9.20. The van der Waals surface area contributed by atoms with Gasteiger partial charge in [0, 0.05) is 34.9 Å². The van der Waals surface area contributed by atoms with Crippen LogP contribution in [0.1, 0.15) is 34.1 Å². The highest BCUT2D eigenvalue weighted by Gasteiger charge is 2.26. The van der Waals surface area contributed by atoms with Gasteiger partial charge >= 0.3 is 0 Å². The Morgan fingerprint density at radius 2 is 1.94 bits per heavy atom. The Labute approximate surface area is 126 Å². The lowest BCUT2D eigenvalue weighted by Crippen LogP contribution is -2.24. The zero-order chi connectivity index (χ0) is 14.6. The summed E-state index contributed by atoms with van der Waals surface area (Å²) < 4.78 is 14.7. The van der Waals surface area contributed by atoms with Gasteiger partial charge in [-0.05, 0) is 20.3 Å². The number of rotatable bonds is 4. The lowest BCUT2D eigenvalue weighted by Gasteiger charge is -2.12. The van der Waals surface area contributed by atoms with Gasteiger partial charge < -0.3 is 23.9 Å². The van der Waals surface area contributed by atoms with Crippen molar-refractivity contribution in [1.82, 2.24) is 0 Å². The summed E-state index contributed by atoms with van der Waals surface area (Å²) in [6.07, 6.45) is 0.297. The number of hydrogen-bond donors (Lipinski definition) is 2. The molecule has 7 heteroatoms. The Hall–Kier alpha value is 0.880. The van der Waals surface area contributed by atoms with Crippen LogP contribution in [0, 0.1) is 0 Å². The summed E-state index contributed by atoms with van der Waals surface area (Å²) in [5.41, 5.74) is 0. The standard InChI is InChI=1S/C5H9IO3S.C4H10O2.C2H6/c6-10-9-3-5-4(7)1-2-8-5;1-4(2,5)6-3;1-2/h4-5,7H,1-3H2;5H,1-3H3;1-2H3/t4-,5-;;/m1../s1. The fraction of sp³-hybridized carbons (Fsp3) is 1.00. The molecule has 18 heavy (non-hydrogen) atoms. The summed E-state index contributed by atoms with van der Waals surface area (Å²) in [6.45, 7) is 8.29. The third kappa shape index (κ3) is 13.3. The third-order valence-electron chi connectivity index (χ3n) is 1.95. The first kappa shape index (κ1) is 21.2. The second-order valence-corrected chi connectivity index (χ2v) is 5.20. The smallest absolute Gasteiger partial charge is 0.159 e. The molecule has 0 aromatic heterocycles. The van der Waals surface area contributed by atoms with Crippen LogP contribution in [-0.4, -0.2) is 48.5 Å². The van der Waals surface area contributed by atoms with Crippen molar-refractivity contribution in [3.8, 4) is 0 Å². The lowest BCUT2D eigenvalue weighted by atomic mass is 10.2. The predicted octanol–water partition coefficient (Wildman–Crippen LogP) is 2.54. The normalized spacial score (nSPS) is 22.7. The van der Waals surface area contributed by atoms with Gasteiger partial charge in [0.1, 0.15) is 6.10 Å². The van der Waals surface area contributed by atoms with Crippen molar-refractivity contribution in [3.05, 3.63) is 0 Å². The van der Waals surface area contributed by atoms with Gasteiger partial charge in [0.2, 0.25) is 0 Å². The SMILES string of the molecule is CC.COC(C)(C)O.O[C@@H]1CCO[C@@H]1COSI. The van der Waals surface area contributed by atoms with Gasteiger partial charge in [-0.15, -0.1) is 0 Å². The van der Waals surface area contributed by atoms with E-state index in [0.29, 0.717) is 13.2 Å². The topological polar surface area (TPSA) is 68.2 Å². The Morgan fingerprint density at radius 3 is 2.22 bits per heavy atom. The van der Waals surface area contributed by atoms with E-state index < -0.39 is 5.79 Å². The molecule has 1 aliphatic heterocycles. The van der Waals surface area contributed by atoms with Crippen LogP contribution in [0.15, 0.2) is 0 Å². The minimum atomic E-state index is -0.958. The summed E-state index contributed by atoms with van der Waals surface area (Å²) in [4.78, 5) is 0. The van der Waals surface area contributed by atoms with E-state index in [-0.39, 0.29) is 12.2 Å². The molecule has 112 valence electrons. The fourth-order valence-corrected chi connectivity index (χ4v) is 1.52. The molecule has 1 fully saturated rings. The molecule has 1 saturated heterocycles. The van der Waals surface area contributed by atoms with E-state index in [9.17, 15) is 5.11 Å². The molecule has 5 nitrogen and oxygen atoms in total. The maximum Gasteiger partial charge on any atom is 0.159 e. The van der Waals surface area contributed by atoms with E-state index in [4.69, 9.17) is 14.0 Å². The highest BCUT2D eigenvalue weighted by atomic mass is 127. The molecule has 0 aromatic carbocycles. The second-order valence-electron chi connectivity index (χ2n) is 3.76. The van der Waals surface area contributed by atoms with E-state index in [0.717, 1.165) is 6.42 Å². The van der Waals surface area contributed by atoms with Crippen LogP contribution >= 0.6 is 30.4 Å². The number of ether oxygens (including phenoxy) is 2. The molecule has 1 heterocycles. The van der Waals surface area contributed by atoms with Crippen LogP contribution in [-0.2, 0) is 13.7 Å². The average Bonchev–Trinajstić information content (AvgIpc) is 2.75. The van der Waals surface area contributed by atoms with Crippen LogP contribution in [0.25, 0.3) is 0 Å². The molecule has 0 bridgehead atoms. The van der Waals surface area contributed by atoms with Gasteiger partial charge in [-0.2, -0.15) is 0 Å². The molecular formula is C11H25IO5S. The molecule has 0 amide bonds. The quantitative estimate of drug-likeness (QED) is 0.433. The zero-order valence-electron chi connectivity index (χ0n) is 11.7. The molecule has 0 radical (unpaired) electrons. The first-order chi connectivity index (χ1) is 8.40. The van der Waals surface area contributed by atoms with Crippen molar-refractivity contribution in [2.24, 2.45) is 0 Å². The van der Waals surface area contributed by atoms with E-state index in [2.05, 4.69) is 4.74 Å². The Bertz CT molecular complexity index is 177. The van der Waals surface area contributed by atoms with Gasteiger partial charge in [-0.1, -0.05) is 13.8 Å². The number of aliphatic hydroxyl groups excluding tert-OH is 1. The maximum atomic E-state index is 9.20. The van der Waals surface area contributed by atoms with E-state index in [1.54, 1.807) is 13.8 Å². The van der Waals surface area contributed by atoms with Gasteiger partial charge in [-0.3, -0.25) is 0 Å². The summed E-state index contributed by atoms with van der Waals surface area (Å²) in [7, 11) is 2.73. The molecule has 0 saturated carbocycles. The molecule has 1 rings (SSSR count). The summed E-state index contributed by atoms with van der Waals surface area (Å²) in [5, 5.41) is 17.8. The number of methoxy groups -OCH3 is 1. The first-order valence-corrected chi connectivity index (χ1v) is 9.16. The van der Waals surface area contributed by atoms with E-state index >= 15 is 0 Å². The van der Waals surface area contributed by atoms with Gasteiger partial charge in [-0.25, -0.2) is 0 Å². The van der Waals surface area contributed by atoms with Crippen LogP contribution in [0.3, 0.4) is 0 Å². The van der Waals surface area contributed by atoms with Crippen molar-refractivity contribution in [2.45, 2.75) is 52.1 Å². The predicted molar refractivity (Wildman–Crippen MR) is 82.6 cm³/mol. The van der Waals surface area contributed by atoms with Crippen LogP contribution in [0.4, 0.5) is 0 Å². The molecule has 0 aromatic rings. The number of aliphatic hydroxyl groups is 2. The average molecular weight is 396 g/mol. The molecule has 0 unspecified atom stereocenters. The van der Waals surface area contributed by atoms with E-state index in [1.165, 1.54) is 16.3 Å². The minimum absolute atomic E-state index is 0.109. The summed E-state index contributed by atoms with van der Waals surface area (Å²) in [6, 6.07) is 0. The molecular weight excluding hydrogens is 371 g/mol. The van der Waals surface area contributed by atoms with Gasteiger partial charge in [0.25, 0.3) is 0 Å². The van der Waals surface area contributed by atoms with Crippen molar-refractivity contribution in [1.29, 1.82) is 0 Å². The zero-order valence-corrected chi connectivity index (χ0v) is 14.7. The Morgan fingerprint density at radius 1 is 1.44 bits per heavy atom. The third-order valence-corrected chi connectivity index (χ3v) is 2.94. The molecule has 1 aliphatic rings. The number of hydrogen-bond acceptors (Lipinski definition) is 6. The van der Waals surface area contributed by atoms with Gasteiger partial charge in [0.15, 0.2) is 5.79 Å². The molecule has 0 spiro atoms.